The summed E-state index contributed by atoms with van der Waals surface area (Å²) in [5.41, 5.74) is 3.21. The number of aromatic nitrogens is 4. The zero-order chi connectivity index (χ0) is 33.4. The summed E-state index contributed by atoms with van der Waals surface area (Å²) in [5.74, 6) is 1.20. The standard InChI is InChI=1S/C34H39ClN8O4S/c1-41-30-18-24(5-10-29(30)32(40-41)43-16-13-31(44)39-34(43)45)23-11-14-42(15-12-23)21-22-3-2-4-28(17-22)48(46,47)27-8-6-26(7-9-27)38-33-36-19-25(35)20-37-33/h2-5,10,17-20,23,26-27H,6-9,11-16,21H2,1H3,(H,36,37,38)(H,39,44,45). The number of amides is 3. The number of hydrogen-bond acceptors (Lipinski definition) is 9. The maximum Gasteiger partial charge on any atom is 0.329 e. The number of imide groups is 1. The van der Waals surface area contributed by atoms with Crippen molar-refractivity contribution in [2.24, 2.45) is 7.05 Å². The molecule has 2 aliphatic heterocycles. The molecule has 2 saturated heterocycles. The first-order valence-electron chi connectivity index (χ1n) is 16.5. The summed E-state index contributed by atoms with van der Waals surface area (Å²) < 4.78 is 29.1. The molecule has 3 aliphatic rings. The van der Waals surface area contributed by atoms with Crippen LogP contribution in [0.4, 0.5) is 16.6 Å². The molecule has 0 bridgehead atoms. The van der Waals surface area contributed by atoms with Gasteiger partial charge in [0.15, 0.2) is 15.7 Å². The van der Waals surface area contributed by atoms with Gasteiger partial charge in [0.1, 0.15) is 0 Å². The third kappa shape index (κ3) is 6.76. The smallest absolute Gasteiger partial charge is 0.329 e. The molecule has 7 rings (SSSR count). The molecular weight excluding hydrogens is 652 g/mol. The van der Waals surface area contributed by atoms with Gasteiger partial charge in [-0.2, -0.15) is 5.10 Å². The quantitative estimate of drug-likeness (QED) is 0.260. The second kappa shape index (κ2) is 13.4. The third-order valence-electron chi connectivity index (χ3n) is 9.92. The van der Waals surface area contributed by atoms with Crippen LogP contribution in [0.15, 0.2) is 59.8 Å². The van der Waals surface area contributed by atoms with E-state index < -0.39 is 21.1 Å². The van der Waals surface area contributed by atoms with Gasteiger partial charge < -0.3 is 5.32 Å². The van der Waals surface area contributed by atoms with Crippen LogP contribution in [0, 0.1) is 0 Å². The van der Waals surface area contributed by atoms with Crippen LogP contribution in [0.1, 0.15) is 62.0 Å². The number of fused-ring (bicyclic) bond motifs is 1. The number of hydrogen-bond donors (Lipinski definition) is 2. The highest BCUT2D eigenvalue weighted by Gasteiger charge is 2.33. The lowest BCUT2D eigenvalue weighted by Gasteiger charge is -2.32. The average Bonchev–Trinajstić information content (AvgIpc) is 3.41. The lowest BCUT2D eigenvalue weighted by atomic mass is 9.89. The molecule has 2 N–H and O–H groups in total. The number of anilines is 2. The van der Waals surface area contributed by atoms with Gasteiger partial charge in [0.25, 0.3) is 0 Å². The fraction of sp³-hybridized carbons (Fsp3) is 0.441. The first kappa shape index (κ1) is 32.5. The van der Waals surface area contributed by atoms with E-state index in [9.17, 15) is 18.0 Å². The summed E-state index contributed by atoms with van der Waals surface area (Å²) >= 11 is 5.88. The molecule has 12 nitrogen and oxygen atoms in total. The first-order valence-corrected chi connectivity index (χ1v) is 18.4. The number of sulfone groups is 1. The largest absolute Gasteiger partial charge is 0.351 e. The second-order valence-corrected chi connectivity index (χ2v) is 15.7. The Morgan fingerprint density at radius 1 is 0.958 bits per heavy atom. The number of likely N-dealkylation sites (tertiary alicyclic amines) is 1. The predicted molar refractivity (Wildman–Crippen MR) is 184 cm³/mol. The minimum atomic E-state index is -3.45. The van der Waals surface area contributed by atoms with Crippen LogP contribution < -0.4 is 15.5 Å². The molecule has 4 heterocycles. The van der Waals surface area contributed by atoms with Crippen molar-refractivity contribution in [2.75, 3.05) is 29.9 Å². The monoisotopic (exact) mass is 690 g/mol. The third-order valence-corrected chi connectivity index (χ3v) is 12.4. The van der Waals surface area contributed by atoms with Crippen molar-refractivity contribution in [2.45, 2.75) is 73.6 Å². The number of nitrogens with one attached hydrogen (secondary N) is 2. The van der Waals surface area contributed by atoms with E-state index >= 15 is 0 Å². The van der Waals surface area contributed by atoms with Gasteiger partial charge in [0.05, 0.1) is 33.1 Å². The minimum Gasteiger partial charge on any atom is -0.351 e. The fourth-order valence-corrected chi connectivity index (χ4v) is 9.22. The highest BCUT2D eigenvalue weighted by Crippen LogP contribution is 2.35. The Labute approximate surface area is 284 Å². The summed E-state index contributed by atoms with van der Waals surface area (Å²) in [4.78, 5) is 36.8. The lowest BCUT2D eigenvalue weighted by molar-refractivity contribution is -0.120. The van der Waals surface area contributed by atoms with Crippen molar-refractivity contribution in [1.82, 2.24) is 30.0 Å². The molecule has 0 unspecified atom stereocenters. The van der Waals surface area contributed by atoms with E-state index in [2.05, 4.69) is 42.7 Å². The Hall–Kier alpha value is -4.07. The Morgan fingerprint density at radius 3 is 2.44 bits per heavy atom. The van der Waals surface area contributed by atoms with Crippen LogP contribution in [0.2, 0.25) is 5.02 Å². The lowest BCUT2D eigenvalue weighted by Crippen LogP contribution is -2.49. The van der Waals surface area contributed by atoms with E-state index in [0.717, 1.165) is 55.2 Å². The highest BCUT2D eigenvalue weighted by atomic mass is 35.5. The Bertz CT molecular complexity index is 1930. The zero-order valence-corrected chi connectivity index (χ0v) is 28.4. The molecule has 1 aliphatic carbocycles. The molecule has 0 radical (unpaired) electrons. The summed E-state index contributed by atoms with van der Waals surface area (Å²) in [6, 6.07) is 13.5. The molecule has 3 amide bonds. The van der Waals surface area contributed by atoms with E-state index in [0.29, 0.717) is 53.5 Å². The van der Waals surface area contributed by atoms with Crippen LogP contribution in [0.5, 0.6) is 0 Å². The zero-order valence-electron chi connectivity index (χ0n) is 26.8. The number of carbonyl (C=O) groups excluding carboxylic acids is 2. The average molecular weight is 691 g/mol. The molecule has 4 aromatic rings. The predicted octanol–water partition coefficient (Wildman–Crippen LogP) is 5.04. The summed E-state index contributed by atoms with van der Waals surface area (Å²) in [6.45, 7) is 2.84. The van der Waals surface area contributed by atoms with Crippen LogP contribution in [-0.2, 0) is 28.2 Å². The molecule has 14 heteroatoms. The molecule has 252 valence electrons. The maximum absolute atomic E-state index is 13.7. The van der Waals surface area contributed by atoms with E-state index in [1.165, 1.54) is 10.5 Å². The fourth-order valence-electron chi connectivity index (χ4n) is 7.26. The van der Waals surface area contributed by atoms with Crippen molar-refractivity contribution < 1.29 is 18.0 Å². The van der Waals surface area contributed by atoms with E-state index in [4.69, 9.17) is 11.6 Å². The highest BCUT2D eigenvalue weighted by molar-refractivity contribution is 7.92. The van der Waals surface area contributed by atoms with Crippen molar-refractivity contribution >= 4 is 56.0 Å². The van der Waals surface area contributed by atoms with Gasteiger partial charge in [0, 0.05) is 38.0 Å². The molecule has 1 saturated carbocycles. The summed E-state index contributed by atoms with van der Waals surface area (Å²) in [7, 11) is -1.57. The van der Waals surface area contributed by atoms with E-state index in [-0.39, 0.29) is 18.4 Å². The summed E-state index contributed by atoms with van der Waals surface area (Å²) in [5, 5.41) is 11.3. The van der Waals surface area contributed by atoms with Crippen LogP contribution in [0.25, 0.3) is 10.9 Å². The van der Waals surface area contributed by atoms with E-state index in [1.807, 2.05) is 31.3 Å². The van der Waals surface area contributed by atoms with Gasteiger partial charge in [-0.3, -0.25) is 24.6 Å². The molecule has 2 aromatic carbocycles. The Morgan fingerprint density at radius 2 is 1.71 bits per heavy atom. The topological polar surface area (TPSA) is 142 Å². The van der Waals surface area contributed by atoms with Crippen LogP contribution in [0.3, 0.4) is 0 Å². The van der Waals surface area contributed by atoms with Crippen LogP contribution >= 0.6 is 11.6 Å². The number of halogens is 1. The van der Waals surface area contributed by atoms with Crippen molar-refractivity contribution in [3.8, 4) is 0 Å². The van der Waals surface area contributed by atoms with Gasteiger partial charge in [0.2, 0.25) is 11.9 Å². The van der Waals surface area contributed by atoms with Gasteiger partial charge >= 0.3 is 6.03 Å². The number of urea groups is 1. The number of benzene rings is 2. The van der Waals surface area contributed by atoms with Gasteiger partial charge in [-0.15, -0.1) is 0 Å². The SMILES string of the molecule is Cn1nc(N2CCC(=O)NC2=O)c2ccc(C3CCN(Cc4cccc(S(=O)(=O)C5CCC(Nc6ncc(Cl)cn6)CC5)c4)CC3)cc21. The molecular formula is C34H39ClN8O4S. The number of rotatable bonds is 8. The number of carbonyl (C=O) groups is 2. The second-order valence-electron chi connectivity index (χ2n) is 13.1. The summed E-state index contributed by atoms with van der Waals surface area (Å²) in [6.07, 6.45) is 7.97. The number of aryl methyl sites for hydroxylation is 1. The molecule has 2 aromatic heterocycles. The Balaban J connectivity index is 0.946. The molecule has 48 heavy (non-hydrogen) atoms. The normalized spacial score (nSPS) is 21.4. The first-order chi connectivity index (χ1) is 23.1. The number of piperidine rings is 1. The molecule has 0 spiro atoms. The van der Waals surface area contributed by atoms with Crippen molar-refractivity contribution in [1.29, 1.82) is 0 Å². The van der Waals surface area contributed by atoms with Crippen molar-refractivity contribution in [3.05, 3.63) is 71.0 Å². The van der Waals surface area contributed by atoms with Crippen molar-refractivity contribution in [3.63, 3.8) is 0 Å². The maximum atomic E-state index is 13.7. The Kier molecular flexibility index (Phi) is 9.10. The van der Waals surface area contributed by atoms with Gasteiger partial charge in [-0.25, -0.2) is 23.2 Å². The molecule has 0 atom stereocenters. The minimum absolute atomic E-state index is 0.131. The van der Waals surface area contributed by atoms with Gasteiger partial charge in [-0.1, -0.05) is 29.8 Å². The van der Waals surface area contributed by atoms with Gasteiger partial charge in [-0.05, 0) is 92.9 Å². The van der Waals surface area contributed by atoms with E-state index in [1.54, 1.807) is 23.1 Å². The molecule has 3 fully saturated rings. The number of nitrogens with zero attached hydrogens (tertiary/aromatic N) is 6. The van der Waals surface area contributed by atoms with Crippen LogP contribution in [-0.4, -0.2) is 75.9 Å².